The quantitative estimate of drug-likeness (QED) is 0.698. The lowest BCUT2D eigenvalue weighted by molar-refractivity contribution is -0.115. The van der Waals surface area contributed by atoms with Crippen LogP contribution < -0.4 is 10.6 Å². The number of carbonyl (C=O) groups is 1. The minimum atomic E-state index is -0.864. The Kier molecular flexibility index (Phi) is 6.61. The Bertz CT molecular complexity index is 450. The second-order valence-electron chi connectivity index (χ2n) is 5.37. The lowest BCUT2D eigenvalue weighted by atomic mass is 10.1. The molecular formula is C14H22BrN3O2. The van der Waals surface area contributed by atoms with Crippen LogP contribution in [0.2, 0.25) is 0 Å². The van der Waals surface area contributed by atoms with E-state index in [4.69, 9.17) is 0 Å². The van der Waals surface area contributed by atoms with E-state index in [1.165, 1.54) is 0 Å². The van der Waals surface area contributed by atoms with Crippen molar-refractivity contribution < 1.29 is 9.90 Å². The summed E-state index contributed by atoms with van der Waals surface area (Å²) in [6.45, 7) is 2.79. The maximum absolute atomic E-state index is 11.8. The Morgan fingerprint density at radius 2 is 2.05 bits per heavy atom. The minimum Gasteiger partial charge on any atom is -0.388 e. The number of hydrogen-bond donors (Lipinski definition) is 3. The highest BCUT2D eigenvalue weighted by molar-refractivity contribution is 9.10. The van der Waals surface area contributed by atoms with Crippen LogP contribution in [0.4, 0.5) is 5.69 Å². The Balaban J connectivity index is 2.36. The molecule has 1 aromatic carbocycles. The zero-order chi connectivity index (χ0) is 15.2. The number of nitrogens with one attached hydrogen (secondary N) is 2. The van der Waals surface area contributed by atoms with Crippen molar-refractivity contribution in [2.24, 2.45) is 0 Å². The molecule has 112 valence electrons. The normalized spacial score (nSPS) is 14.1. The van der Waals surface area contributed by atoms with Crippen molar-refractivity contribution >= 4 is 27.5 Å². The molecule has 1 unspecified atom stereocenters. The van der Waals surface area contributed by atoms with Gasteiger partial charge in [0.05, 0.1) is 17.8 Å². The van der Waals surface area contributed by atoms with Gasteiger partial charge < -0.3 is 20.6 Å². The Hall–Kier alpha value is -0.950. The van der Waals surface area contributed by atoms with Crippen LogP contribution in [0.1, 0.15) is 6.92 Å². The molecule has 1 rings (SSSR count). The number of benzene rings is 1. The zero-order valence-electron chi connectivity index (χ0n) is 12.1. The highest BCUT2D eigenvalue weighted by Crippen LogP contribution is 2.20. The van der Waals surface area contributed by atoms with Gasteiger partial charge in [-0.1, -0.05) is 12.1 Å². The molecule has 0 heterocycles. The van der Waals surface area contributed by atoms with Gasteiger partial charge in [0.1, 0.15) is 0 Å². The predicted molar refractivity (Wildman–Crippen MR) is 84.8 cm³/mol. The summed E-state index contributed by atoms with van der Waals surface area (Å²) in [5, 5.41) is 15.9. The van der Waals surface area contributed by atoms with E-state index < -0.39 is 5.60 Å². The molecule has 20 heavy (non-hydrogen) atoms. The molecular weight excluding hydrogens is 322 g/mol. The third-order valence-corrected chi connectivity index (χ3v) is 3.29. The summed E-state index contributed by atoms with van der Waals surface area (Å²) >= 11 is 3.37. The number of likely N-dealkylation sites (N-methyl/N-ethyl adjacent to an activating group) is 1. The largest absolute Gasteiger partial charge is 0.388 e. The van der Waals surface area contributed by atoms with Crippen LogP contribution in [-0.4, -0.2) is 55.2 Å². The average molecular weight is 344 g/mol. The number of hydrogen-bond acceptors (Lipinski definition) is 4. The number of amides is 1. The molecule has 0 aromatic heterocycles. The summed E-state index contributed by atoms with van der Waals surface area (Å²) < 4.78 is 0.841. The molecule has 0 fully saturated rings. The van der Waals surface area contributed by atoms with Gasteiger partial charge in [-0.25, -0.2) is 0 Å². The Morgan fingerprint density at radius 3 is 2.65 bits per heavy atom. The van der Waals surface area contributed by atoms with E-state index in [1.54, 1.807) is 6.92 Å². The van der Waals surface area contributed by atoms with Gasteiger partial charge in [0, 0.05) is 17.6 Å². The first-order valence-corrected chi connectivity index (χ1v) is 7.22. The van der Waals surface area contributed by atoms with Crippen molar-refractivity contribution in [2.45, 2.75) is 12.5 Å². The van der Waals surface area contributed by atoms with Gasteiger partial charge in [-0.05, 0) is 49.1 Å². The Morgan fingerprint density at radius 1 is 1.40 bits per heavy atom. The van der Waals surface area contributed by atoms with Gasteiger partial charge in [0.25, 0.3) is 0 Å². The minimum absolute atomic E-state index is 0.141. The number of carbonyl (C=O) groups excluding carboxylic acids is 1. The fraction of sp³-hybridized carbons (Fsp3) is 0.500. The van der Waals surface area contributed by atoms with Crippen molar-refractivity contribution in [2.75, 3.05) is 39.0 Å². The van der Waals surface area contributed by atoms with E-state index in [0.29, 0.717) is 13.1 Å². The maximum Gasteiger partial charge on any atom is 0.238 e. The fourth-order valence-electron chi connectivity index (χ4n) is 1.94. The molecule has 1 atom stereocenters. The molecule has 0 aliphatic rings. The van der Waals surface area contributed by atoms with Crippen LogP contribution in [0.5, 0.6) is 0 Å². The van der Waals surface area contributed by atoms with Crippen molar-refractivity contribution in [3.63, 3.8) is 0 Å². The van der Waals surface area contributed by atoms with E-state index in [2.05, 4.69) is 26.6 Å². The molecule has 0 aliphatic heterocycles. The lowest BCUT2D eigenvalue weighted by Crippen LogP contribution is -2.47. The molecule has 5 nitrogen and oxygen atoms in total. The SMILES string of the molecule is CN(C)CC(C)(O)CNCC(=O)Nc1ccccc1Br. The van der Waals surface area contributed by atoms with Crippen LogP contribution in [-0.2, 0) is 4.79 Å². The molecule has 6 heteroatoms. The molecule has 0 saturated heterocycles. The molecule has 0 bridgehead atoms. The van der Waals surface area contributed by atoms with Crippen molar-refractivity contribution in [3.8, 4) is 0 Å². The molecule has 1 amide bonds. The Labute approximate surface area is 128 Å². The van der Waals surface area contributed by atoms with E-state index in [-0.39, 0.29) is 12.5 Å². The number of halogens is 1. The van der Waals surface area contributed by atoms with Gasteiger partial charge in [-0.3, -0.25) is 4.79 Å². The lowest BCUT2D eigenvalue weighted by Gasteiger charge is -2.27. The number of nitrogens with zero attached hydrogens (tertiary/aromatic N) is 1. The number of para-hydroxylation sites is 1. The second-order valence-corrected chi connectivity index (χ2v) is 6.22. The van der Waals surface area contributed by atoms with Gasteiger partial charge in [-0.2, -0.15) is 0 Å². The van der Waals surface area contributed by atoms with Crippen molar-refractivity contribution in [1.29, 1.82) is 0 Å². The molecule has 0 spiro atoms. The molecule has 0 saturated carbocycles. The molecule has 1 aromatic rings. The first kappa shape index (κ1) is 17.1. The standard InChI is InChI=1S/C14H22BrN3O2/c1-14(20,10-18(2)3)9-16-8-13(19)17-12-7-5-4-6-11(12)15/h4-7,16,20H,8-10H2,1-3H3,(H,17,19). The van der Waals surface area contributed by atoms with Gasteiger partial charge in [0.15, 0.2) is 0 Å². The molecule has 0 aliphatic carbocycles. The summed E-state index contributed by atoms with van der Waals surface area (Å²) in [6.07, 6.45) is 0. The first-order chi connectivity index (χ1) is 9.30. The van der Waals surface area contributed by atoms with E-state index in [9.17, 15) is 9.90 Å². The summed E-state index contributed by atoms with van der Waals surface area (Å²) in [6, 6.07) is 7.43. The van der Waals surface area contributed by atoms with Gasteiger partial charge in [-0.15, -0.1) is 0 Å². The smallest absolute Gasteiger partial charge is 0.238 e. The van der Waals surface area contributed by atoms with Gasteiger partial charge in [0.2, 0.25) is 5.91 Å². The maximum atomic E-state index is 11.8. The number of rotatable bonds is 7. The van der Waals surface area contributed by atoms with E-state index in [0.717, 1.165) is 10.2 Å². The fourth-order valence-corrected chi connectivity index (χ4v) is 2.32. The van der Waals surface area contributed by atoms with E-state index >= 15 is 0 Å². The first-order valence-electron chi connectivity index (χ1n) is 6.42. The number of anilines is 1. The van der Waals surface area contributed by atoms with Crippen LogP contribution in [0, 0.1) is 0 Å². The van der Waals surface area contributed by atoms with Crippen LogP contribution >= 0.6 is 15.9 Å². The topological polar surface area (TPSA) is 64.6 Å². The monoisotopic (exact) mass is 343 g/mol. The third-order valence-electron chi connectivity index (χ3n) is 2.60. The van der Waals surface area contributed by atoms with Crippen LogP contribution in [0.25, 0.3) is 0 Å². The van der Waals surface area contributed by atoms with Crippen molar-refractivity contribution in [3.05, 3.63) is 28.7 Å². The van der Waals surface area contributed by atoms with Crippen LogP contribution in [0.15, 0.2) is 28.7 Å². The van der Waals surface area contributed by atoms with Crippen molar-refractivity contribution in [1.82, 2.24) is 10.2 Å². The average Bonchev–Trinajstić information content (AvgIpc) is 2.30. The highest BCUT2D eigenvalue weighted by Gasteiger charge is 2.21. The third kappa shape index (κ3) is 6.47. The molecule has 0 radical (unpaired) electrons. The summed E-state index contributed by atoms with van der Waals surface area (Å²) in [5.74, 6) is -0.141. The van der Waals surface area contributed by atoms with Crippen LogP contribution in [0.3, 0.4) is 0 Å². The predicted octanol–water partition coefficient (Wildman–Crippen LogP) is 1.29. The number of aliphatic hydroxyl groups is 1. The summed E-state index contributed by atoms with van der Waals surface area (Å²) in [5.41, 5.74) is -0.128. The summed E-state index contributed by atoms with van der Waals surface area (Å²) in [7, 11) is 3.79. The summed E-state index contributed by atoms with van der Waals surface area (Å²) in [4.78, 5) is 13.7. The highest BCUT2D eigenvalue weighted by atomic mass is 79.9. The molecule has 3 N–H and O–H groups in total. The van der Waals surface area contributed by atoms with Gasteiger partial charge >= 0.3 is 0 Å². The zero-order valence-corrected chi connectivity index (χ0v) is 13.7. The second kappa shape index (κ2) is 7.73. The van der Waals surface area contributed by atoms with E-state index in [1.807, 2.05) is 43.3 Å².